The normalized spacial score (nSPS) is 19.9. The average molecular weight is 278 g/mol. The number of nitrogens with zero attached hydrogens (tertiary/aromatic N) is 1. The summed E-state index contributed by atoms with van der Waals surface area (Å²) in [5.41, 5.74) is 2.31. The smallest absolute Gasteiger partial charge is 0.123 e. The first kappa shape index (κ1) is 15.5. The summed E-state index contributed by atoms with van der Waals surface area (Å²) in [6.45, 7) is 10.7. The first-order chi connectivity index (χ1) is 9.56. The van der Waals surface area contributed by atoms with Crippen LogP contribution in [-0.2, 0) is 6.54 Å². The monoisotopic (exact) mass is 278 g/mol. The molecule has 1 aliphatic heterocycles. The number of hydrogen-bond acceptors (Lipinski definition) is 2. The van der Waals surface area contributed by atoms with Gasteiger partial charge in [0.15, 0.2) is 0 Å². The molecular weight excluding hydrogens is 251 g/mol. The highest BCUT2D eigenvalue weighted by Gasteiger charge is 2.24. The van der Waals surface area contributed by atoms with Crippen LogP contribution in [0, 0.1) is 18.7 Å². The molecule has 0 radical (unpaired) electrons. The predicted molar refractivity (Wildman–Crippen MR) is 82.3 cm³/mol. The molecule has 112 valence electrons. The molecule has 1 saturated heterocycles. The Kier molecular flexibility index (Phi) is 5.55. The maximum absolute atomic E-state index is 13.4. The second kappa shape index (κ2) is 7.19. The van der Waals surface area contributed by atoms with Crippen molar-refractivity contribution in [2.75, 3.05) is 19.6 Å². The molecule has 0 spiro atoms. The van der Waals surface area contributed by atoms with E-state index >= 15 is 0 Å². The zero-order valence-electron chi connectivity index (χ0n) is 13.0. The molecule has 0 bridgehead atoms. The van der Waals surface area contributed by atoms with Gasteiger partial charge in [-0.05, 0) is 62.0 Å². The Hall–Kier alpha value is -0.930. The third-order valence-corrected chi connectivity index (χ3v) is 4.12. The van der Waals surface area contributed by atoms with Crippen LogP contribution in [0.2, 0.25) is 0 Å². The van der Waals surface area contributed by atoms with E-state index in [4.69, 9.17) is 0 Å². The summed E-state index contributed by atoms with van der Waals surface area (Å²) >= 11 is 0. The van der Waals surface area contributed by atoms with Crippen LogP contribution >= 0.6 is 0 Å². The van der Waals surface area contributed by atoms with E-state index in [1.807, 2.05) is 6.07 Å². The van der Waals surface area contributed by atoms with E-state index in [1.54, 1.807) is 12.1 Å². The van der Waals surface area contributed by atoms with Crippen molar-refractivity contribution in [2.45, 2.75) is 46.2 Å². The standard InChI is InChI=1S/C17H27FN2/c1-13(2)10-19-11-17-5-4-8-20(17)12-15-9-16(18)7-6-14(15)3/h6-7,9,13,17,19H,4-5,8,10-12H2,1-3H3. The molecule has 1 atom stereocenters. The van der Waals surface area contributed by atoms with E-state index in [2.05, 4.69) is 31.0 Å². The van der Waals surface area contributed by atoms with Crippen LogP contribution in [0.1, 0.15) is 37.8 Å². The quantitative estimate of drug-likeness (QED) is 0.858. The fourth-order valence-electron chi connectivity index (χ4n) is 2.90. The van der Waals surface area contributed by atoms with Gasteiger partial charge < -0.3 is 5.32 Å². The van der Waals surface area contributed by atoms with E-state index in [-0.39, 0.29) is 5.82 Å². The average Bonchev–Trinajstić information content (AvgIpc) is 2.81. The molecule has 1 fully saturated rings. The Labute approximate surface area is 122 Å². The van der Waals surface area contributed by atoms with Gasteiger partial charge in [0, 0.05) is 19.1 Å². The van der Waals surface area contributed by atoms with Gasteiger partial charge in [-0.25, -0.2) is 4.39 Å². The molecule has 0 aliphatic carbocycles. The van der Waals surface area contributed by atoms with Crippen molar-refractivity contribution in [3.63, 3.8) is 0 Å². The van der Waals surface area contributed by atoms with Gasteiger partial charge in [0.25, 0.3) is 0 Å². The molecule has 1 unspecified atom stereocenters. The van der Waals surface area contributed by atoms with E-state index in [9.17, 15) is 4.39 Å². The summed E-state index contributed by atoms with van der Waals surface area (Å²) in [4.78, 5) is 2.50. The Bertz CT molecular complexity index is 431. The lowest BCUT2D eigenvalue weighted by Gasteiger charge is -2.26. The van der Waals surface area contributed by atoms with Crippen LogP contribution in [0.15, 0.2) is 18.2 Å². The van der Waals surface area contributed by atoms with Gasteiger partial charge in [-0.15, -0.1) is 0 Å². The third-order valence-electron chi connectivity index (χ3n) is 4.12. The van der Waals surface area contributed by atoms with Crippen molar-refractivity contribution in [3.8, 4) is 0 Å². The van der Waals surface area contributed by atoms with Crippen LogP contribution in [0.4, 0.5) is 4.39 Å². The summed E-state index contributed by atoms with van der Waals surface area (Å²) in [5.74, 6) is 0.564. The molecule has 20 heavy (non-hydrogen) atoms. The fraction of sp³-hybridized carbons (Fsp3) is 0.647. The zero-order chi connectivity index (χ0) is 14.5. The molecule has 0 saturated carbocycles. The van der Waals surface area contributed by atoms with Crippen LogP contribution in [0.5, 0.6) is 0 Å². The number of benzene rings is 1. The second-order valence-electron chi connectivity index (χ2n) is 6.39. The number of halogens is 1. The predicted octanol–water partition coefficient (Wildman–Crippen LogP) is 3.34. The van der Waals surface area contributed by atoms with Gasteiger partial charge >= 0.3 is 0 Å². The minimum atomic E-state index is -0.126. The molecule has 0 amide bonds. The number of likely N-dealkylation sites (tertiary alicyclic amines) is 1. The summed E-state index contributed by atoms with van der Waals surface area (Å²) in [5, 5.41) is 3.55. The van der Waals surface area contributed by atoms with Crippen molar-refractivity contribution < 1.29 is 4.39 Å². The summed E-state index contributed by atoms with van der Waals surface area (Å²) in [6.07, 6.45) is 2.50. The first-order valence-corrected chi connectivity index (χ1v) is 7.76. The highest BCUT2D eigenvalue weighted by atomic mass is 19.1. The van der Waals surface area contributed by atoms with Gasteiger partial charge in [-0.1, -0.05) is 19.9 Å². The highest BCUT2D eigenvalue weighted by Crippen LogP contribution is 2.21. The number of aryl methyl sites for hydroxylation is 1. The van der Waals surface area contributed by atoms with Crippen LogP contribution in [-0.4, -0.2) is 30.6 Å². The fourth-order valence-corrected chi connectivity index (χ4v) is 2.90. The van der Waals surface area contributed by atoms with Gasteiger partial charge in [-0.3, -0.25) is 4.90 Å². The van der Waals surface area contributed by atoms with E-state index in [0.717, 1.165) is 31.7 Å². The van der Waals surface area contributed by atoms with Crippen molar-refractivity contribution in [1.82, 2.24) is 10.2 Å². The summed E-state index contributed by atoms with van der Waals surface area (Å²) in [7, 11) is 0. The van der Waals surface area contributed by atoms with Crippen molar-refractivity contribution in [1.29, 1.82) is 0 Å². The molecule has 1 aliphatic rings. The lowest BCUT2D eigenvalue weighted by molar-refractivity contribution is 0.237. The minimum absolute atomic E-state index is 0.126. The highest BCUT2D eigenvalue weighted by molar-refractivity contribution is 5.26. The second-order valence-corrected chi connectivity index (χ2v) is 6.39. The van der Waals surface area contributed by atoms with Crippen molar-refractivity contribution in [3.05, 3.63) is 35.1 Å². The Morgan fingerprint density at radius 2 is 2.20 bits per heavy atom. The number of nitrogens with one attached hydrogen (secondary N) is 1. The molecule has 2 rings (SSSR count). The van der Waals surface area contributed by atoms with Gasteiger partial charge in [0.2, 0.25) is 0 Å². The van der Waals surface area contributed by atoms with Gasteiger partial charge in [-0.2, -0.15) is 0 Å². The minimum Gasteiger partial charge on any atom is -0.315 e. The molecular formula is C17H27FN2. The van der Waals surface area contributed by atoms with E-state index in [0.29, 0.717) is 12.0 Å². The number of hydrogen-bond donors (Lipinski definition) is 1. The van der Waals surface area contributed by atoms with Crippen LogP contribution < -0.4 is 5.32 Å². The lowest BCUT2D eigenvalue weighted by Crippen LogP contribution is -2.38. The molecule has 0 aromatic heterocycles. The maximum atomic E-state index is 13.4. The SMILES string of the molecule is Cc1ccc(F)cc1CN1CCCC1CNCC(C)C. The molecule has 1 N–H and O–H groups in total. The largest absolute Gasteiger partial charge is 0.315 e. The maximum Gasteiger partial charge on any atom is 0.123 e. The topological polar surface area (TPSA) is 15.3 Å². The molecule has 2 nitrogen and oxygen atoms in total. The molecule has 3 heteroatoms. The van der Waals surface area contributed by atoms with E-state index < -0.39 is 0 Å². The Balaban J connectivity index is 1.92. The van der Waals surface area contributed by atoms with Crippen LogP contribution in [0.3, 0.4) is 0 Å². The number of rotatable bonds is 6. The molecule has 1 aromatic rings. The zero-order valence-corrected chi connectivity index (χ0v) is 13.0. The summed E-state index contributed by atoms with van der Waals surface area (Å²) in [6, 6.07) is 5.71. The van der Waals surface area contributed by atoms with E-state index in [1.165, 1.54) is 18.4 Å². The molecule has 1 aromatic carbocycles. The Morgan fingerprint density at radius 1 is 1.40 bits per heavy atom. The van der Waals surface area contributed by atoms with Gasteiger partial charge in [0.05, 0.1) is 0 Å². The van der Waals surface area contributed by atoms with Crippen molar-refractivity contribution in [2.24, 2.45) is 5.92 Å². The third kappa shape index (κ3) is 4.29. The summed E-state index contributed by atoms with van der Waals surface area (Å²) < 4.78 is 13.4. The molecule has 1 heterocycles. The van der Waals surface area contributed by atoms with Crippen molar-refractivity contribution >= 4 is 0 Å². The Morgan fingerprint density at radius 3 is 2.95 bits per heavy atom. The van der Waals surface area contributed by atoms with Gasteiger partial charge in [0.1, 0.15) is 5.82 Å². The van der Waals surface area contributed by atoms with Crippen LogP contribution in [0.25, 0.3) is 0 Å². The lowest BCUT2D eigenvalue weighted by atomic mass is 10.1. The first-order valence-electron chi connectivity index (χ1n) is 7.76.